The molecule has 2 spiro atoms. The summed E-state index contributed by atoms with van der Waals surface area (Å²) in [7, 11) is 0. The first-order valence-electron chi connectivity index (χ1n) is 30.5. The maximum Gasteiger partial charge on any atom is 0.0619 e. The highest BCUT2D eigenvalue weighted by atomic mass is 15.1. The van der Waals surface area contributed by atoms with E-state index in [9.17, 15) is 0 Å². The number of nitrogens with zero attached hydrogens (tertiary/aromatic N) is 2. The minimum absolute atomic E-state index is 0.0210. The van der Waals surface area contributed by atoms with Crippen LogP contribution in [-0.2, 0) is 16.2 Å². The number of anilines is 3. The molecule has 0 aliphatic heterocycles. The van der Waals surface area contributed by atoms with Gasteiger partial charge in [0.05, 0.1) is 22.4 Å². The number of para-hydroxylation sites is 5. The SMILES string of the molecule is CC(C)(C)c1cc(-c2cccc3cccc(-c4ccccc4N(c4ccc(-c5cccc6c7ccccc7n(-c7ccccc7)c56)cc4)c4ccccc4-c4ccc5c(c4)C4(c6ccccc6-5)C5CC6CC7CC4C675)c23)cc(C(C)(C)C)c1. The van der Waals surface area contributed by atoms with Crippen LogP contribution >= 0.6 is 0 Å². The van der Waals surface area contributed by atoms with Gasteiger partial charge >= 0.3 is 0 Å². The average Bonchev–Trinajstić information content (AvgIpc) is 1.34. The molecule has 0 bridgehead atoms. The van der Waals surface area contributed by atoms with Gasteiger partial charge in [0.2, 0.25) is 0 Å². The molecule has 17 rings (SSSR count). The fraction of sp³-hybridized carbons (Fsp3) is 0.210. The molecule has 0 N–H and O–H groups in total. The Labute approximate surface area is 488 Å². The zero-order chi connectivity index (χ0) is 55.7. The molecule has 1 aromatic heterocycles. The van der Waals surface area contributed by atoms with Gasteiger partial charge in [-0.1, -0.05) is 236 Å². The fourth-order valence-electron chi connectivity index (χ4n) is 17.7. The van der Waals surface area contributed by atoms with E-state index in [1.165, 1.54) is 119 Å². The van der Waals surface area contributed by atoms with Crippen molar-refractivity contribution in [3.8, 4) is 61.3 Å². The monoisotopic (exact) mass is 1070 g/mol. The topological polar surface area (TPSA) is 8.17 Å². The first kappa shape index (κ1) is 48.9. The Bertz CT molecular complexity index is 4590. The van der Waals surface area contributed by atoms with Crippen LogP contribution in [-0.4, -0.2) is 4.57 Å². The normalized spacial score (nSPS) is 21.6. The lowest BCUT2D eigenvalue weighted by atomic mass is 9.11. The molecule has 4 saturated carbocycles. The molecule has 11 aromatic carbocycles. The van der Waals surface area contributed by atoms with Crippen LogP contribution in [0.25, 0.3) is 93.9 Å². The zero-order valence-electron chi connectivity index (χ0n) is 48.4. The minimum Gasteiger partial charge on any atom is -0.309 e. The molecule has 1 heterocycles. The zero-order valence-corrected chi connectivity index (χ0v) is 48.4. The third-order valence-electron chi connectivity index (χ3n) is 21.4. The predicted molar refractivity (Wildman–Crippen MR) is 349 cm³/mol. The van der Waals surface area contributed by atoms with Crippen molar-refractivity contribution in [2.24, 2.45) is 29.1 Å². The quantitative estimate of drug-likeness (QED) is 0.147. The molecule has 402 valence electrons. The van der Waals surface area contributed by atoms with Gasteiger partial charge in [-0.2, -0.15) is 0 Å². The summed E-state index contributed by atoms with van der Waals surface area (Å²) < 4.78 is 2.45. The Hall–Kier alpha value is -8.72. The summed E-state index contributed by atoms with van der Waals surface area (Å²) in [5.74, 6) is 3.43. The lowest BCUT2D eigenvalue weighted by Crippen LogP contribution is -2.88. The van der Waals surface area contributed by atoms with Gasteiger partial charge in [-0.25, -0.2) is 0 Å². The molecule has 0 amide bonds. The van der Waals surface area contributed by atoms with E-state index in [1.54, 1.807) is 11.1 Å². The molecule has 2 heteroatoms. The average molecular weight is 1070 g/mol. The Balaban J connectivity index is 0.872. The standard InChI is InChI=1S/C81H68N2/c1-78(2,3)54-43-53(44-55(46-54)79(4,5)6)61-29-18-21-51-22-19-31-67(76(51)61)65-27-12-16-35-72(65)82(59-40-37-50(38-41-59)62-30-20-32-68-66-28-13-17-36-73(66)83(77(62)68)58-23-8-7-9-24-58)71-34-15-11-25-60(71)52-39-42-64-63-26-10-14-33-69(63)81(70(64)45-52)74-48-56-47-57-49-75(81)80(56,57)74/h7-46,56-57,74-75H,47-49H2,1-6H3. The Morgan fingerprint density at radius 2 is 0.952 bits per heavy atom. The van der Waals surface area contributed by atoms with Crippen molar-refractivity contribution in [1.82, 2.24) is 4.57 Å². The molecular weight excluding hydrogens is 1000 g/mol. The Kier molecular flexibility index (Phi) is 10.3. The number of hydrogen-bond acceptors (Lipinski definition) is 1. The van der Waals surface area contributed by atoms with E-state index in [4.69, 9.17) is 0 Å². The fourth-order valence-corrected chi connectivity index (χ4v) is 17.7. The second-order valence-corrected chi connectivity index (χ2v) is 27.2. The third kappa shape index (κ3) is 6.67. The van der Waals surface area contributed by atoms with Gasteiger partial charge in [0.25, 0.3) is 0 Å². The number of aromatic nitrogens is 1. The Morgan fingerprint density at radius 3 is 1.66 bits per heavy atom. The van der Waals surface area contributed by atoms with E-state index in [1.807, 2.05) is 0 Å². The maximum absolute atomic E-state index is 2.66. The van der Waals surface area contributed by atoms with Crippen molar-refractivity contribution < 1.29 is 0 Å². The molecule has 12 aromatic rings. The van der Waals surface area contributed by atoms with Crippen molar-refractivity contribution in [2.75, 3.05) is 4.90 Å². The van der Waals surface area contributed by atoms with Crippen LogP contribution in [0.1, 0.15) is 83.1 Å². The van der Waals surface area contributed by atoms with E-state index in [-0.39, 0.29) is 16.2 Å². The lowest BCUT2D eigenvalue weighted by Gasteiger charge is -2.92. The summed E-state index contributed by atoms with van der Waals surface area (Å²) in [5, 5.41) is 5.01. The number of rotatable bonds is 8. The van der Waals surface area contributed by atoms with Gasteiger partial charge < -0.3 is 9.47 Å². The molecule has 4 fully saturated rings. The molecule has 0 saturated heterocycles. The Morgan fingerprint density at radius 1 is 0.398 bits per heavy atom. The van der Waals surface area contributed by atoms with Crippen LogP contribution in [0.3, 0.4) is 0 Å². The summed E-state index contributed by atoms with van der Waals surface area (Å²) in [6.07, 6.45) is 4.25. The van der Waals surface area contributed by atoms with Crippen molar-refractivity contribution in [2.45, 2.75) is 77.0 Å². The van der Waals surface area contributed by atoms with Crippen molar-refractivity contribution >= 4 is 49.6 Å². The van der Waals surface area contributed by atoms with Gasteiger partial charge in [-0.3, -0.25) is 0 Å². The van der Waals surface area contributed by atoms with Crippen LogP contribution < -0.4 is 4.90 Å². The highest BCUT2D eigenvalue weighted by Crippen LogP contribution is 2.95. The summed E-state index contributed by atoms with van der Waals surface area (Å²) in [6.45, 7) is 14.1. The molecule has 4 atom stereocenters. The van der Waals surface area contributed by atoms with E-state index >= 15 is 0 Å². The number of hydrogen-bond donors (Lipinski definition) is 0. The largest absolute Gasteiger partial charge is 0.309 e. The van der Waals surface area contributed by atoms with Gasteiger partial charge in [0.1, 0.15) is 0 Å². The van der Waals surface area contributed by atoms with E-state index in [2.05, 4.69) is 294 Å². The smallest absolute Gasteiger partial charge is 0.0619 e. The van der Waals surface area contributed by atoms with Gasteiger partial charge in [-0.15, -0.1) is 0 Å². The third-order valence-corrected chi connectivity index (χ3v) is 21.4. The molecule has 5 aliphatic rings. The summed E-state index contributed by atoms with van der Waals surface area (Å²) in [5.41, 5.74) is 26.3. The van der Waals surface area contributed by atoms with Crippen LogP contribution in [0.5, 0.6) is 0 Å². The second kappa shape index (κ2) is 17.4. The van der Waals surface area contributed by atoms with Crippen molar-refractivity contribution in [1.29, 1.82) is 0 Å². The summed E-state index contributed by atoms with van der Waals surface area (Å²) in [6, 6.07) is 92.7. The van der Waals surface area contributed by atoms with Crippen LogP contribution in [0, 0.1) is 29.1 Å². The first-order valence-corrected chi connectivity index (χ1v) is 30.5. The van der Waals surface area contributed by atoms with Crippen molar-refractivity contribution in [3.05, 3.63) is 265 Å². The first-order chi connectivity index (χ1) is 40.4. The van der Waals surface area contributed by atoms with Gasteiger partial charge in [0.15, 0.2) is 0 Å². The van der Waals surface area contributed by atoms with E-state index < -0.39 is 0 Å². The predicted octanol–water partition coefficient (Wildman–Crippen LogP) is 21.6. The summed E-state index contributed by atoms with van der Waals surface area (Å²) in [4.78, 5) is 2.58. The lowest BCUT2D eigenvalue weighted by molar-refractivity contribution is -0.412. The van der Waals surface area contributed by atoms with Crippen LogP contribution in [0.4, 0.5) is 17.1 Å². The molecule has 2 nitrogen and oxygen atoms in total. The number of benzene rings is 11. The molecule has 83 heavy (non-hydrogen) atoms. The number of fused-ring (bicyclic) bond motifs is 11. The highest BCUT2D eigenvalue weighted by Gasteiger charge is 2.90. The van der Waals surface area contributed by atoms with E-state index in [0.29, 0.717) is 5.41 Å². The van der Waals surface area contributed by atoms with Crippen molar-refractivity contribution in [3.63, 3.8) is 0 Å². The molecular formula is C81H68N2. The molecule has 4 unspecified atom stereocenters. The van der Waals surface area contributed by atoms with E-state index in [0.717, 1.165) is 46.4 Å². The molecule has 0 radical (unpaired) electrons. The minimum atomic E-state index is -0.0210. The molecule has 5 aliphatic carbocycles. The second-order valence-electron chi connectivity index (χ2n) is 27.2. The van der Waals surface area contributed by atoms with Crippen LogP contribution in [0.15, 0.2) is 243 Å². The van der Waals surface area contributed by atoms with Crippen LogP contribution in [0.2, 0.25) is 0 Å². The summed E-state index contributed by atoms with van der Waals surface area (Å²) >= 11 is 0. The maximum atomic E-state index is 2.66. The van der Waals surface area contributed by atoms with Gasteiger partial charge in [0, 0.05) is 44.3 Å². The van der Waals surface area contributed by atoms with Gasteiger partial charge in [-0.05, 0) is 180 Å². The highest BCUT2D eigenvalue weighted by molar-refractivity contribution is 6.14.